The van der Waals surface area contributed by atoms with Gasteiger partial charge in [0.2, 0.25) is 0 Å². The van der Waals surface area contributed by atoms with E-state index in [9.17, 15) is 0 Å². The molecular weight excluding hydrogens is 348 g/mol. The first-order valence-corrected chi connectivity index (χ1v) is 8.07. The van der Waals surface area contributed by atoms with Crippen LogP contribution in [0.4, 0.5) is 0 Å². The summed E-state index contributed by atoms with van der Waals surface area (Å²) in [5, 5.41) is 5.39. The first kappa shape index (κ1) is 14.6. The highest BCUT2D eigenvalue weighted by atomic mass is 79.9. The second-order valence-electron chi connectivity index (χ2n) is 5.09. The zero-order valence-electron chi connectivity index (χ0n) is 11.7. The Bertz CT molecular complexity index is 766. The number of hydrogen-bond donors (Lipinski definition) is 2. The smallest absolute Gasteiger partial charge is 0.0705 e. The lowest BCUT2D eigenvalue weighted by Gasteiger charge is -2.15. The molecule has 2 nitrogen and oxygen atoms in total. The molecule has 1 unspecified atom stereocenters. The molecule has 0 bridgehead atoms. The Balaban J connectivity index is 1.77. The van der Waals surface area contributed by atoms with E-state index in [0.29, 0.717) is 6.54 Å². The molecule has 21 heavy (non-hydrogen) atoms. The number of H-pyrrole nitrogens is 1. The molecule has 0 saturated heterocycles. The summed E-state index contributed by atoms with van der Waals surface area (Å²) in [6, 6.07) is 16.6. The van der Waals surface area contributed by atoms with E-state index >= 15 is 0 Å². The minimum atomic E-state index is 0.239. The van der Waals surface area contributed by atoms with Crippen molar-refractivity contribution in [2.24, 2.45) is 0 Å². The van der Waals surface area contributed by atoms with E-state index in [2.05, 4.69) is 45.3 Å². The molecule has 3 aromatic rings. The molecule has 1 atom stereocenters. The maximum atomic E-state index is 6.44. The highest BCUT2D eigenvalue weighted by Gasteiger charge is 2.12. The number of para-hydroxylation sites is 1. The summed E-state index contributed by atoms with van der Waals surface area (Å²) in [4.78, 5) is 3.38. The van der Waals surface area contributed by atoms with Gasteiger partial charge in [0, 0.05) is 33.7 Å². The van der Waals surface area contributed by atoms with Gasteiger partial charge in [0.05, 0.1) is 5.02 Å². The fourth-order valence-electron chi connectivity index (χ4n) is 2.48. The van der Waals surface area contributed by atoms with Crippen LogP contribution in [0.1, 0.15) is 24.2 Å². The Morgan fingerprint density at radius 1 is 1.14 bits per heavy atom. The van der Waals surface area contributed by atoms with Crippen LogP contribution < -0.4 is 5.32 Å². The molecule has 108 valence electrons. The van der Waals surface area contributed by atoms with Crippen LogP contribution in [-0.4, -0.2) is 4.98 Å². The third-order valence-electron chi connectivity index (χ3n) is 3.67. The van der Waals surface area contributed by atoms with E-state index < -0.39 is 0 Å². The fourth-order valence-corrected chi connectivity index (χ4v) is 3.38. The molecule has 0 aliphatic carbocycles. The van der Waals surface area contributed by atoms with Crippen molar-refractivity contribution in [3.8, 4) is 0 Å². The number of rotatable bonds is 4. The van der Waals surface area contributed by atoms with Crippen molar-refractivity contribution in [1.82, 2.24) is 10.3 Å². The quantitative estimate of drug-likeness (QED) is 0.635. The first-order valence-electron chi connectivity index (χ1n) is 6.89. The molecule has 4 heteroatoms. The SMILES string of the molecule is CC(NCc1[nH]c2ccccc2c1Cl)c1ccccc1Br. The van der Waals surface area contributed by atoms with Gasteiger partial charge in [0.1, 0.15) is 0 Å². The van der Waals surface area contributed by atoms with E-state index in [1.807, 2.05) is 36.4 Å². The highest BCUT2D eigenvalue weighted by Crippen LogP contribution is 2.28. The summed E-state index contributed by atoms with van der Waals surface area (Å²) in [7, 11) is 0. The van der Waals surface area contributed by atoms with Gasteiger partial charge in [0.25, 0.3) is 0 Å². The molecule has 3 rings (SSSR count). The molecule has 0 saturated carbocycles. The predicted molar refractivity (Wildman–Crippen MR) is 92.7 cm³/mol. The van der Waals surface area contributed by atoms with Crippen LogP contribution in [0.25, 0.3) is 10.9 Å². The zero-order valence-corrected chi connectivity index (χ0v) is 14.0. The zero-order chi connectivity index (χ0) is 14.8. The Morgan fingerprint density at radius 2 is 1.86 bits per heavy atom. The largest absolute Gasteiger partial charge is 0.356 e. The van der Waals surface area contributed by atoms with Crippen LogP contribution in [0.15, 0.2) is 53.0 Å². The molecule has 1 aromatic heterocycles. The number of benzene rings is 2. The molecule has 0 radical (unpaired) electrons. The van der Waals surface area contributed by atoms with Crippen LogP contribution in [0.2, 0.25) is 5.02 Å². The van der Waals surface area contributed by atoms with Gasteiger partial charge in [-0.15, -0.1) is 0 Å². The van der Waals surface area contributed by atoms with Crippen molar-refractivity contribution in [1.29, 1.82) is 0 Å². The van der Waals surface area contributed by atoms with Crippen molar-refractivity contribution < 1.29 is 0 Å². The van der Waals surface area contributed by atoms with Crippen molar-refractivity contribution in [3.63, 3.8) is 0 Å². The normalized spacial score (nSPS) is 12.7. The van der Waals surface area contributed by atoms with Gasteiger partial charge in [0.15, 0.2) is 0 Å². The fraction of sp³-hybridized carbons (Fsp3) is 0.176. The van der Waals surface area contributed by atoms with Gasteiger partial charge in [-0.2, -0.15) is 0 Å². The topological polar surface area (TPSA) is 27.8 Å². The number of hydrogen-bond acceptors (Lipinski definition) is 1. The van der Waals surface area contributed by atoms with Crippen molar-refractivity contribution in [2.45, 2.75) is 19.5 Å². The third-order valence-corrected chi connectivity index (χ3v) is 4.82. The van der Waals surface area contributed by atoms with E-state index in [1.165, 1.54) is 5.56 Å². The maximum Gasteiger partial charge on any atom is 0.0705 e. The third kappa shape index (κ3) is 3.00. The average Bonchev–Trinajstić information content (AvgIpc) is 2.82. The maximum absolute atomic E-state index is 6.44. The van der Waals surface area contributed by atoms with E-state index in [-0.39, 0.29) is 6.04 Å². The molecule has 0 aliphatic heterocycles. The number of nitrogens with one attached hydrogen (secondary N) is 2. The average molecular weight is 364 g/mol. The van der Waals surface area contributed by atoms with Crippen LogP contribution in [0.5, 0.6) is 0 Å². The lowest BCUT2D eigenvalue weighted by molar-refractivity contribution is 0.568. The highest BCUT2D eigenvalue weighted by molar-refractivity contribution is 9.10. The summed E-state index contributed by atoms with van der Waals surface area (Å²) in [5.74, 6) is 0. The van der Waals surface area contributed by atoms with Gasteiger partial charge < -0.3 is 10.3 Å². The van der Waals surface area contributed by atoms with Crippen LogP contribution in [0, 0.1) is 0 Å². The minimum Gasteiger partial charge on any atom is -0.356 e. The van der Waals surface area contributed by atoms with Gasteiger partial charge in [-0.05, 0) is 24.6 Å². The van der Waals surface area contributed by atoms with E-state index in [0.717, 1.165) is 26.1 Å². The van der Waals surface area contributed by atoms with Gasteiger partial charge in [-0.3, -0.25) is 0 Å². The Labute approximate surface area is 137 Å². The number of fused-ring (bicyclic) bond motifs is 1. The van der Waals surface area contributed by atoms with E-state index in [4.69, 9.17) is 11.6 Å². The molecule has 2 aromatic carbocycles. The summed E-state index contributed by atoms with van der Waals surface area (Å²) in [5.41, 5.74) is 3.34. The Kier molecular flexibility index (Phi) is 4.34. The first-order chi connectivity index (χ1) is 10.2. The summed E-state index contributed by atoms with van der Waals surface area (Å²) in [6.45, 7) is 2.85. The van der Waals surface area contributed by atoms with Crippen LogP contribution >= 0.6 is 27.5 Å². The Hall–Kier alpha value is -1.29. The molecule has 0 aliphatic rings. The van der Waals surface area contributed by atoms with E-state index in [1.54, 1.807) is 0 Å². The van der Waals surface area contributed by atoms with Crippen LogP contribution in [0.3, 0.4) is 0 Å². The summed E-state index contributed by atoms with van der Waals surface area (Å²) in [6.07, 6.45) is 0. The predicted octanol–water partition coefficient (Wildman–Crippen LogP) is 5.43. The molecule has 0 fully saturated rings. The lowest BCUT2D eigenvalue weighted by atomic mass is 10.1. The van der Waals surface area contributed by atoms with Crippen molar-refractivity contribution >= 4 is 38.4 Å². The van der Waals surface area contributed by atoms with Crippen molar-refractivity contribution in [3.05, 3.63) is 69.3 Å². The van der Waals surface area contributed by atoms with Crippen LogP contribution in [-0.2, 0) is 6.54 Å². The van der Waals surface area contributed by atoms with Gasteiger partial charge in [-0.1, -0.05) is 63.9 Å². The summed E-state index contributed by atoms with van der Waals surface area (Å²) < 4.78 is 1.12. The summed E-state index contributed by atoms with van der Waals surface area (Å²) >= 11 is 10.0. The second kappa shape index (κ2) is 6.22. The van der Waals surface area contributed by atoms with Gasteiger partial charge >= 0.3 is 0 Å². The monoisotopic (exact) mass is 362 g/mol. The molecule has 1 heterocycles. The number of aromatic amines is 1. The molecule has 0 amide bonds. The molecular formula is C17H16BrClN2. The molecule has 2 N–H and O–H groups in total. The van der Waals surface area contributed by atoms with Gasteiger partial charge in [-0.25, -0.2) is 0 Å². The standard InChI is InChI=1S/C17H16BrClN2/c1-11(12-6-2-4-8-14(12)18)20-10-16-17(19)13-7-3-5-9-15(13)21-16/h2-9,11,20-21H,10H2,1H3. The Morgan fingerprint density at radius 3 is 2.62 bits per heavy atom. The number of aromatic nitrogens is 1. The molecule has 0 spiro atoms. The van der Waals surface area contributed by atoms with Crippen molar-refractivity contribution in [2.75, 3.05) is 0 Å². The second-order valence-corrected chi connectivity index (χ2v) is 6.32. The number of halogens is 2. The minimum absolute atomic E-state index is 0.239. The lowest BCUT2D eigenvalue weighted by Crippen LogP contribution is -2.18.